The second kappa shape index (κ2) is 4.21. The summed E-state index contributed by atoms with van der Waals surface area (Å²) in [6, 6.07) is 3.07. The zero-order valence-electron chi connectivity index (χ0n) is 7.36. The van der Waals surface area contributed by atoms with Crippen molar-refractivity contribution in [2.24, 2.45) is 0 Å². The third-order valence-electron chi connectivity index (χ3n) is 1.65. The number of thioether (sulfide) groups is 1. The molecule has 1 aromatic carbocycles. The molecule has 5 heteroatoms. The third-order valence-corrected chi connectivity index (χ3v) is 2.27. The molecule has 78 valence electrons. The SMILES string of the molecule is CSCc1ccc(F)c(C(F)(F)F)c1. The summed E-state index contributed by atoms with van der Waals surface area (Å²) in [5, 5.41) is 0. The van der Waals surface area contributed by atoms with E-state index in [0.29, 0.717) is 11.3 Å². The van der Waals surface area contributed by atoms with Crippen molar-refractivity contribution in [3.8, 4) is 0 Å². The molecule has 0 atom stereocenters. The van der Waals surface area contributed by atoms with E-state index in [9.17, 15) is 17.6 Å². The van der Waals surface area contributed by atoms with E-state index in [1.54, 1.807) is 6.26 Å². The highest BCUT2D eigenvalue weighted by Crippen LogP contribution is 2.32. The molecule has 0 aliphatic rings. The Kier molecular flexibility index (Phi) is 3.42. The van der Waals surface area contributed by atoms with E-state index >= 15 is 0 Å². The summed E-state index contributed by atoms with van der Waals surface area (Å²) in [5.41, 5.74) is -0.713. The fraction of sp³-hybridized carbons (Fsp3) is 0.333. The molecule has 0 saturated heterocycles. The molecule has 1 rings (SSSR count). The Hall–Kier alpha value is -0.710. The molecule has 0 spiro atoms. The van der Waals surface area contributed by atoms with Crippen LogP contribution in [0.25, 0.3) is 0 Å². The normalized spacial score (nSPS) is 11.8. The zero-order valence-corrected chi connectivity index (χ0v) is 8.18. The lowest BCUT2D eigenvalue weighted by molar-refractivity contribution is -0.140. The van der Waals surface area contributed by atoms with Crippen LogP contribution in [0, 0.1) is 5.82 Å². The highest BCUT2D eigenvalue weighted by Gasteiger charge is 2.34. The van der Waals surface area contributed by atoms with Gasteiger partial charge in [-0.3, -0.25) is 0 Å². The molecule has 0 amide bonds. The number of hydrogen-bond acceptors (Lipinski definition) is 1. The molecule has 0 unspecified atom stereocenters. The third kappa shape index (κ3) is 2.64. The van der Waals surface area contributed by atoms with Gasteiger partial charge in [0, 0.05) is 5.75 Å². The van der Waals surface area contributed by atoms with Crippen LogP contribution in [0.5, 0.6) is 0 Å². The molecule has 0 N–H and O–H groups in total. The Balaban J connectivity index is 3.09. The summed E-state index contributed by atoms with van der Waals surface area (Å²) in [4.78, 5) is 0. The van der Waals surface area contributed by atoms with Crippen molar-refractivity contribution in [3.05, 3.63) is 35.1 Å². The van der Waals surface area contributed by atoms with E-state index in [2.05, 4.69) is 0 Å². The van der Waals surface area contributed by atoms with Gasteiger partial charge in [0.25, 0.3) is 0 Å². The maximum Gasteiger partial charge on any atom is 0.419 e. The van der Waals surface area contributed by atoms with E-state index in [0.717, 1.165) is 12.1 Å². The predicted octanol–water partition coefficient (Wildman–Crippen LogP) is 3.71. The zero-order chi connectivity index (χ0) is 10.8. The van der Waals surface area contributed by atoms with E-state index in [4.69, 9.17) is 0 Å². The highest BCUT2D eigenvalue weighted by atomic mass is 32.2. The number of benzene rings is 1. The second-order valence-corrected chi connectivity index (χ2v) is 3.61. The quantitative estimate of drug-likeness (QED) is 0.690. The van der Waals surface area contributed by atoms with Crippen molar-refractivity contribution >= 4 is 11.8 Å². The average Bonchev–Trinajstić information content (AvgIpc) is 2.07. The average molecular weight is 224 g/mol. The Bertz CT molecular complexity index is 319. The van der Waals surface area contributed by atoms with Crippen molar-refractivity contribution in [2.45, 2.75) is 11.9 Å². The van der Waals surface area contributed by atoms with Gasteiger partial charge in [-0.25, -0.2) is 4.39 Å². The molecular weight excluding hydrogens is 216 g/mol. The van der Waals surface area contributed by atoms with Gasteiger partial charge in [-0.15, -0.1) is 0 Å². The first-order valence-electron chi connectivity index (χ1n) is 3.79. The van der Waals surface area contributed by atoms with Gasteiger partial charge in [-0.05, 0) is 24.0 Å². The summed E-state index contributed by atoms with van der Waals surface area (Å²) in [7, 11) is 0. The molecule has 1 aromatic rings. The van der Waals surface area contributed by atoms with Gasteiger partial charge in [-0.1, -0.05) is 6.07 Å². The number of alkyl halides is 3. The molecule has 0 nitrogen and oxygen atoms in total. The van der Waals surface area contributed by atoms with E-state index in [-0.39, 0.29) is 0 Å². The molecule has 0 aliphatic heterocycles. The summed E-state index contributed by atoms with van der Waals surface area (Å²) in [6.45, 7) is 0. The Labute approximate surface area is 83.3 Å². The van der Waals surface area contributed by atoms with Crippen molar-refractivity contribution in [1.29, 1.82) is 0 Å². The van der Waals surface area contributed by atoms with Crippen LogP contribution < -0.4 is 0 Å². The first-order valence-corrected chi connectivity index (χ1v) is 5.19. The fourth-order valence-corrected chi connectivity index (χ4v) is 1.56. The maximum absolute atomic E-state index is 12.8. The van der Waals surface area contributed by atoms with Gasteiger partial charge >= 0.3 is 6.18 Å². The Morgan fingerprint density at radius 3 is 2.43 bits per heavy atom. The molecule has 0 aliphatic carbocycles. The van der Waals surface area contributed by atoms with Crippen molar-refractivity contribution in [3.63, 3.8) is 0 Å². The van der Waals surface area contributed by atoms with Crippen LogP contribution in [0.15, 0.2) is 18.2 Å². The standard InChI is InChI=1S/C9H8F4S/c1-14-5-6-2-3-8(10)7(4-6)9(11,12)13/h2-4H,5H2,1H3. The van der Waals surface area contributed by atoms with Crippen molar-refractivity contribution in [2.75, 3.05) is 6.26 Å². The molecular formula is C9H8F4S. The Morgan fingerprint density at radius 1 is 1.29 bits per heavy atom. The van der Waals surface area contributed by atoms with Gasteiger partial charge in [0.05, 0.1) is 5.56 Å². The van der Waals surface area contributed by atoms with Crippen LogP contribution >= 0.6 is 11.8 Å². The molecule has 0 aromatic heterocycles. The lowest BCUT2D eigenvalue weighted by Crippen LogP contribution is -2.08. The lowest BCUT2D eigenvalue weighted by atomic mass is 10.1. The van der Waals surface area contributed by atoms with Gasteiger partial charge in [0.2, 0.25) is 0 Å². The first kappa shape index (κ1) is 11.4. The molecule has 0 fully saturated rings. The van der Waals surface area contributed by atoms with E-state index in [1.165, 1.54) is 17.8 Å². The largest absolute Gasteiger partial charge is 0.419 e. The van der Waals surface area contributed by atoms with Crippen molar-refractivity contribution < 1.29 is 17.6 Å². The van der Waals surface area contributed by atoms with Crippen LogP contribution in [0.3, 0.4) is 0 Å². The maximum atomic E-state index is 12.8. The second-order valence-electron chi connectivity index (χ2n) is 2.74. The van der Waals surface area contributed by atoms with Crippen LogP contribution in [0.1, 0.15) is 11.1 Å². The molecule has 0 radical (unpaired) electrons. The predicted molar refractivity (Wildman–Crippen MR) is 48.6 cm³/mol. The number of halogens is 4. The minimum Gasteiger partial charge on any atom is -0.206 e. The number of rotatable bonds is 2. The van der Waals surface area contributed by atoms with Gasteiger partial charge < -0.3 is 0 Å². The Morgan fingerprint density at radius 2 is 1.93 bits per heavy atom. The van der Waals surface area contributed by atoms with Gasteiger partial charge in [0.1, 0.15) is 5.82 Å². The molecule has 0 saturated carbocycles. The summed E-state index contributed by atoms with van der Waals surface area (Å²) in [6.07, 6.45) is -2.84. The summed E-state index contributed by atoms with van der Waals surface area (Å²) in [5.74, 6) is -0.772. The van der Waals surface area contributed by atoms with Crippen LogP contribution in [0.4, 0.5) is 17.6 Å². The van der Waals surface area contributed by atoms with Crippen LogP contribution in [-0.4, -0.2) is 6.26 Å². The number of hydrogen-bond donors (Lipinski definition) is 0. The van der Waals surface area contributed by atoms with Crippen molar-refractivity contribution in [1.82, 2.24) is 0 Å². The first-order chi connectivity index (χ1) is 6.45. The highest BCUT2D eigenvalue weighted by molar-refractivity contribution is 7.97. The lowest BCUT2D eigenvalue weighted by Gasteiger charge is -2.09. The monoisotopic (exact) mass is 224 g/mol. The summed E-state index contributed by atoms with van der Waals surface area (Å²) >= 11 is 1.39. The summed E-state index contributed by atoms with van der Waals surface area (Å²) < 4.78 is 49.4. The molecule has 14 heavy (non-hydrogen) atoms. The minimum absolute atomic E-state index is 0.448. The van der Waals surface area contributed by atoms with E-state index in [1.807, 2.05) is 0 Å². The fourth-order valence-electron chi connectivity index (χ4n) is 1.05. The molecule has 0 bridgehead atoms. The van der Waals surface area contributed by atoms with Gasteiger partial charge in [-0.2, -0.15) is 24.9 Å². The minimum atomic E-state index is -4.61. The van der Waals surface area contributed by atoms with Gasteiger partial charge in [0.15, 0.2) is 0 Å². The smallest absolute Gasteiger partial charge is 0.206 e. The van der Waals surface area contributed by atoms with Crippen LogP contribution in [0.2, 0.25) is 0 Å². The van der Waals surface area contributed by atoms with Crippen LogP contribution in [-0.2, 0) is 11.9 Å². The topological polar surface area (TPSA) is 0 Å². The van der Waals surface area contributed by atoms with E-state index < -0.39 is 17.6 Å². The molecule has 0 heterocycles.